The molecule has 4 heteroatoms. The first-order valence-corrected chi connectivity index (χ1v) is 8.86. The Morgan fingerprint density at radius 3 is 2.79 bits per heavy atom. The predicted octanol–water partition coefficient (Wildman–Crippen LogP) is 3.48. The first-order valence-electron chi connectivity index (χ1n) is 8.86. The summed E-state index contributed by atoms with van der Waals surface area (Å²) in [5.74, 6) is 1.27. The second-order valence-corrected chi connectivity index (χ2v) is 7.66. The summed E-state index contributed by atoms with van der Waals surface area (Å²) in [7, 11) is 0. The number of para-hydroxylation sites is 1. The molecule has 3 rings (SSSR count). The van der Waals surface area contributed by atoms with E-state index in [1.807, 2.05) is 13.0 Å². The van der Waals surface area contributed by atoms with Gasteiger partial charge in [-0.2, -0.15) is 0 Å². The summed E-state index contributed by atoms with van der Waals surface area (Å²) in [6.07, 6.45) is 2.62. The number of ketones is 1. The minimum atomic E-state index is -0.297. The van der Waals surface area contributed by atoms with Gasteiger partial charge in [-0.25, -0.2) is 9.97 Å². The number of hydrogen-bond acceptors (Lipinski definition) is 4. The molecule has 0 unspecified atom stereocenters. The van der Waals surface area contributed by atoms with E-state index in [0.29, 0.717) is 12.2 Å². The van der Waals surface area contributed by atoms with Crippen molar-refractivity contribution >= 4 is 16.7 Å². The molecule has 1 atom stereocenters. The van der Waals surface area contributed by atoms with E-state index in [2.05, 4.69) is 43.2 Å². The number of hydrogen-bond donors (Lipinski definition) is 1. The van der Waals surface area contributed by atoms with Crippen LogP contribution in [0, 0.1) is 19.8 Å². The van der Waals surface area contributed by atoms with Gasteiger partial charge in [0.05, 0.1) is 11.2 Å². The second kappa shape index (κ2) is 6.60. The van der Waals surface area contributed by atoms with E-state index < -0.39 is 0 Å². The van der Waals surface area contributed by atoms with Crippen LogP contribution in [0.1, 0.15) is 50.2 Å². The molecule has 1 aliphatic heterocycles. The smallest absolute Gasteiger partial charge is 0.138 e. The van der Waals surface area contributed by atoms with Gasteiger partial charge >= 0.3 is 0 Å². The zero-order valence-electron chi connectivity index (χ0n) is 15.1. The molecule has 4 nitrogen and oxygen atoms in total. The van der Waals surface area contributed by atoms with E-state index in [0.717, 1.165) is 53.9 Å². The molecule has 0 radical (unpaired) electrons. The number of Topliss-reactive ketones (excluding diaryl/α,β-unsaturated/α-hetero) is 1. The number of piperidine rings is 1. The Morgan fingerprint density at radius 1 is 1.29 bits per heavy atom. The van der Waals surface area contributed by atoms with Gasteiger partial charge in [-0.1, -0.05) is 32.0 Å². The number of fused-ring (bicyclic) bond motifs is 1. The molecular weight excluding hydrogens is 298 g/mol. The number of nitrogens with one attached hydrogen (secondary N) is 1. The molecule has 0 spiro atoms. The average molecular weight is 325 g/mol. The van der Waals surface area contributed by atoms with Crippen LogP contribution in [-0.4, -0.2) is 28.8 Å². The van der Waals surface area contributed by atoms with E-state index in [-0.39, 0.29) is 11.3 Å². The van der Waals surface area contributed by atoms with Crippen molar-refractivity contribution in [3.05, 3.63) is 35.3 Å². The van der Waals surface area contributed by atoms with Crippen molar-refractivity contribution in [2.45, 2.75) is 52.4 Å². The molecule has 0 amide bonds. The van der Waals surface area contributed by atoms with Gasteiger partial charge in [-0.3, -0.25) is 4.79 Å². The van der Waals surface area contributed by atoms with Crippen LogP contribution in [0.4, 0.5) is 0 Å². The molecule has 0 saturated carbocycles. The van der Waals surface area contributed by atoms with Gasteiger partial charge in [0, 0.05) is 29.7 Å². The quantitative estimate of drug-likeness (QED) is 0.935. The zero-order valence-corrected chi connectivity index (χ0v) is 15.1. The summed E-state index contributed by atoms with van der Waals surface area (Å²) >= 11 is 0. The van der Waals surface area contributed by atoms with Crippen molar-refractivity contribution in [3.63, 3.8) is 0 Å². The van der Waals surface area contributed by atoms with Crippen LogP contribution in [0.15, 0.2) is 18.2 Å². The number of aromatic nitrogens is 2. The molecule has 2 aromatic rings. The van der Waals surface area contributed by atoms with Crippen LogP contribution in [-0.2, 0) is 10.2 Å². The molecule has 1 fully saturated rings. The fraction of sp³-hybridized carbons (Fsp3) is 0.550. The maximum absolute atomic E-state index is 12.8. The lowest BCUT2D eigenvalue weighted by molar-refractivity contribution is -0.124. The van der Waals surface area contributed by atoms with Crippen LogP contribution < -0.4 is 5.32 Å². The molecule has 1 saturated heterocycles. The number of nitrogens with zero attached hydrogens (tertiary/aromatic N) is 2. The number of carbonyl (C=O) groups is 1. The number of rotatable bonds is 4. The highest BCUT2D eigenvalue weighted by Gasteiger charge is 2.32. The molecule has 0 bridgehead atoms. The fourth-order valence-corrected chi connectivity index (χ4v) is 3.71. The number of benzene rings is 1. The molecule has 2 heterocycles. The van der Waals surface area contributed by atoms with Gasteiger partial charge in [0.15, 0.2) is 0 Å². The summed E-state index contributed by atoms with van der Waals surface area (Å²) in [5.41, 5.74) is 2.84. The van der Waals surface area contributed by atoms with Crippen molar-refractivity contribution in [2.75, 3.05) is 13.1 Å². The Labute approximate surface area is 144 Å². The van der Waals surface area contributed by atoms with Crippen LogP contribution in [0.2, 0.25) is 0 Å². The van der Waals surface area contributed by atoms with Crippen molar-refractivity contribution in [1.29, 1.82) is 0 Å². The van der Waals surface area contributed by atoms with Crippen LogP contribution >= 0.6 is 0 Å². The Hall–Kier alpha value is -1.81. The van der Waals surface area contributed by atoms with Gasteiger partial charge in [-0.15, -0.1) is 0 Å². The van der Waals surface area contributed by atoms with E-state index in [9.17, 15) is 4.79 Å². The molecular formula is C20H27N3O. The monoisotopic (exact) mass is 325 g/mol. The van der Waals surface area contributed by atoms with Crippen molar-refractivity contribution in [2.24, 2.45) is 5.92 Å². The molecule has 1 aromatic carbocycles. The molecule has 24 heavy (non-hydrogen) atoms. The lowest BCUT2D eigenvalue weighted by Crippen LogP contribution is -2.37. The summed E-state index contributed by atoms with van der Waals surface area (Å²) in [4.78, 5) is 22.1. The summed E-state index contributed by atoms with van der Waals surface area (Å²) in [5, 5.41) is 4.41. The Morgan fingerprint density at radius 2 is 2.08 bits per heavy atom. The fourth-order valence-electron chi connectivity index (χ4n) is 3.71. The first-order chi connectivity index (χ1) is 11.4. The SMILES string of the molecule is Cc1nc(C(C)(C)CC(=O)[C@H]2CCCNC2)c2cccc(C)c2n1. The molecule has 1 N–H and O–H groups in total. The molecule has 128 valence electrons. The average Bonchev–Trinajstić information content (AvgIpc) is 2.55. The minimum Gasteiger partial charge on any atom is -0.316 e. The predicted molar refractivity (Wildman–Crippen MR) is 97.3 cm³/mol. The van der Waals surface area contributed by atoms with Gasteiger partial charge in [0.25, 0.3) is 0 Å². The van der Waals surface area contributed by atoms with E-state index in [4.69, 9.17) is 4.98 Å². The van der Waals surface area contributed by atoms with Gasteiger partial charge in [0.1, 0.15) is 11.6 Å². The lowest BCUT2D eigenvalue weighted by atomic mass is 9.78. The highest BCUT2D eigenvalue weighted by molar-refractivity contribution is 5.87. The largest absolute Gasteiger partial charge is 0.316 e. The first kappa shape index (κ1) is 17.0. The lowest BCUT2D eigenvalue weighted by Gasteiger charge is -2.29. The van der Waals surface area contributed by atoms with Crippen molar-refractivity contribution in [1.82, 2.24) is 15.3 Å². The van der Waals surface area contributed by atoms with Gasteiger partial charge < -0.3 is 5.32 Å². The molecule has 1 aliphatic rings. The summed E-state index contributed by atoms with van der Waals surface area (Å²) < 4.78 is 0. The van der Waals surface area contributed by atoms with E-state index in [1.54, 1.807) is 0 Å². The normalized spacial score (nSPS) is 18.8. The third kappa shape index (κ3) is 3.34. The van der Waals surface area contributed by atoms with E-state index in [1.165, 1.54) is 0 Å². The van der Waals surface area contributed by atoms with Gasteiger partial charge in [-0.05, 0) is 38.8 Å². The van der Waals surface area contributed by atoms with E-state index >= 15 is 0 Å². The Bertz CT molecular complexity index is 761. The van der Waals surface area contributed by atoms with Gasteiger partial charge in [0.2, 0.25) is 0 Å². The Balaban J connectivity index is 1.95. The third-order valence-electron chi connectivity index (χ3n) is 5.05. The van der Waals surface area contributed by atoms with Crippen LogP contribution in [0.5, 0.6) is 0 Å². The standard InChI is InChI=1S/C20H27N3O/c1-13-7-5-9-16-18(13)22-14(2)23-19(16)20(3,4)11-17(24)15-8-6-10-21-12-15/h5,7,9,15,21H,6,8,10-12H2,1-4H3/t15-/m0/s1. The van der Waals surface area contributed by atoms with Crippen LogP contribution in [0.3, 0.4) is 0 Å². The molecule has 1 aromatic heterocycles. The van der Waals surface area contributed by atoms with Crippen molar-refractivity contribution in [3.8, 4) is 0 Å². The Kier molecular flexibility index (Phi) is 4.68. The minimum absolute atomic E-state index is 0.147. The maximum Gasteiger partial charge on any atom is 0.138 e. The zero-order chi connectivity index (χ0) is 17.3. The summed E-state index contributed by atoms with van der Waals surface area (Å²) in [6, 6.07) is 6.19. The highest BCUT2D eigenvalue weighted by Crippen LogP contribution is 2.33. The number of aryl methyl sites for hydroxylation is 2. The van der Waals surface area contributed by atoms with Crippen LogP contribution in [0.25, 0.3) is 10.9 Å². The molecule has 0 aliphatic carbocycles. The topological polar surface area (TPSA) is 54.9 Å². The summed E-state index contributed by atoms with van der Waals surface area (Å²) in [6.45, 7) is 10.1. The number of carbonyl (C=O) groups excluding carboxylic acids is 1. The second-order valence-electron chi connectivity index (χ2n) is 7.66. The van der Waals surface area contributed by atoms with Crippen molar-refractivity contribution < 1.29 is 4.79 Å². The maximum atomic E-state index is 12.8. The third-order valence-corrected chi connectivity index (χ3v) is 5.05. The highest BCUT2D eigenvalue weighted by atomic mass is 16.1.